The molecule has 0 bridgehead atoms. The van der Waals surface area contributed by atoms with Crippen LogP contribution in [0.2, 0.25) is 0 Å². The molecule has 0 fully saturated rings. The number of hydrogen-bond acceptors (Lipinski definition) is 4. The number of aromatic nitrogens is 4. The van der Waals surface area contributed by atoms with E-state index in [2.05, 4.69) is 22.2 Å². The first-order chi connectivity index (χ1) is 7.24. The van der Waals surface area contributed by atoms with E-state index in [0.717, 1.165) is 24.4 Å². The van der Waals surface area contributed by atoms with Crippen molar-refractivity contribution in [2.75, 3.05) is 0 Å². The fourth-order valence-corrected chi connectivity index (χ4v) is 1.68. The summed E-state index contributed by atoms with van der Waals surface area (Å²) in [5.41, 5.74) is 1.94. The van der Waals surface area contributed by atoms with Gasteiger partial charge in [-0.2, -0.15) is 10.1 Å². The van der Waals surface area contributed by atoms with Gasteiger partial charge in [0.25, 0.3) is 5.89 Å². The van der Waals surface area contributed by atoms with Crippen LogP contribution in [0.1, 0.15) is 19.5 Å². The van der Waals surface area contributed by atoms with Crippen molar-refractivity contribution in [3.63, 3.8) is 0 Å². The summed E-state index contributed by atoms with van der Waals surface area (Å²) >= 11 is 2.02. The van der Waals surface area contributed by atoms with E-state index in [1.807, 2.05) is 40.3 Å². The Morgan fingerprint density at radius 2 is 2.27 bits per heavy atom. The van der Waals surface area contributed by atoms with Gasteiger partial charge in [0.1, 0.15) is 5.69 Å². The normalized spacial score (nSPS) is 10.9. The van der Waals surface area contributed by atoms with Crippen LogP contribution in [0.25, 0.3) is 11.6 Å². The van der Waals surface area contributed by atoms with Crippen molar-refractivity contribution in [3.8, 4) is 11.6 Å². The first-order valence-electron chi connectivity index (χ1n) is 4.81. The van der Waals surface area contributed by atoms with Gasteiger partial charge in [-0.25, -0.2) is 0 Å². The van der Waals surface area contributed by atoms with Crippen molar-refractivity contribution in [1.29, 1.82) is 0 Å². The molecule has 2 aromatic rings. The lowest BCUT2D eigenvalue weighted by Gasteiger charge is -1.97. The van der Waals surface area contributed by atoms with Gasteiger partial charge < -0.3 is 4.52 Å². The first kappa shape index (κ1) is 10.6. The number of hydrogen-bond donors (Lipinski definition) is 0. The Morgan fingerprint density at radius 1 is 1.47 bits per heavy atom. The average molecular weight is 318 g/mol. The summed E-state index contributed by atoms with van der Waals surface area (Å²) in [6.07, 6.45) is 0.908. The summed E-state index contributed by atoms with van der Waals surface area (Å²) < 4.78 is 7.61. The quantitative estimate of drug-likeness (QED) is 0.814. The van der Waals surface area contributed by atoms with Crippen LogP contribution in [-0.4, -0.2) is 19.9 Å². The van der Waals surface area contributed by atoms with Crippen LogP contribution in [-0.2, 0) is 13.0 Å². The molecule has 2 heterocycles. The highest BCUT2D eigenvalue weighted by molar-refractivity contribution is 14.1. The van der Waals surface area contributed by atoms with Crippen LogP contribution in [0.4, 0.5) is 0 Å². The van der Waals surface area contributed by atoms with Gasteiger partial charge in [-0.1, -0.05) is 12.1 Å². The van der Waals surface area contributed by atoms with E-state index < -0.39 is 0 Å². The second-order valence-corrected chi connectivity index (χ2v) is 4.02. The largest absolute Gasteiger partial charge is 0.331 e. The highest BCUT2D eigenvalue weighted by Crippen LogP contribution is 2.19. The molecule has 0 radical (unpaired) electrons. The van der Waals surface area contributed by atoms with Gasteiger partial charge in [0.05, 0.1) is 5.69 Å². The van der Waals surface area contributed by atoms with Crippen molar-refractivity contribution in [2.24, 2.45) is 0 Å². The SMILES string of the molecule is CCc1cc(-c2nc(I)no2)n(CC)n1. The molecule has 2 rings (SSSR count). The zero-order chi connectivity index (χ0) is 10.8. The Bertz CT molecular complexity index is 462. The van der Waals surface area contributed by atoms with Crippen LogP contribution < -0.4 is 0 Å². The lowest BCUT2D eigenvalue weighted by Crippen LogP contribution is -1.99. The van der Waals surface area contributed by atoms with Gasteiger partial charge in [0.2, 0.25) is 3.83 Å². The molecule has 0 aliphatic rings. The Kier molecular flexibility index (Phi) is 3.03. The van der Waals surface area contributed by atoms with E-state index in [-0.39, 0.29) is 0 Å². The molecule has 0 atom stereocenters. The zero-order valence-electron chi connectivity index (χ0n) is 8.57. The van der Waals surface area contributed by atoms with Crippen LogP contribution >= 0.6 is 22.6 Å². The molecule has 0 aliphatic carbocycles. The predicted molar refractivity (Wildman–Crippen MR) is 63.3 cm³/mol. The first-order valence-corrected chi connectivity index (χ1v) is 5.88. The molecular formula is C9H11IN4O. The molecule has 0 aliphatic heterocycles. The third-order valence-electron chi connectivity index (χ3n) is 2.11. The smallest absolute Gasteiger partial charge is 0.276 e. The second-order valence-electron chi connectivity index (χ2n) is 3.06. The van der Waals surface area contributed by atoms with E-state index in [0.29, 0.717) is 9.72 Å². The summed E-state index contributed by atoms with van der Waals surface area (Å²) in [6, 6.07) is 1.99. The molecule has 15 heavy (non-hydrogen) atoms. The van der Waals surface area contributed by atoms with Crippen molar-refractivity contribution in [3.05, 3.63) is 15.6 Å². The van der Waals surface area contributed by atoms with E-state index in [1.165, 1.54) is 0 Å². The molecule has 0 saturated carbocycles. The number of halogens is 1. The molecular weight excluding hydrogens is 307 g/mol. The predicted octanol–water partition coefficient (Wildman–Crippen LogP) is 2.12. The van der Waals surface area contributed by atoms with Crippen molar-refractivity contribution in [2.45, 2.75) is 26.8 Å². The Morgan fingerprint density at radius 3 is 2.80 bits per heavy atom. The summed E-state index contributed by atoms with van der Waals surface area (Å²) in [6.45, 7) is 4.91. The zero-order valence-corrected chi connectivity index (χ0v) is 10.7. The third-order valence-corrected chi connectivity index (χ3v) is 2.55. The molecule has 0 unspecified atom stereocenters. The topological polar surface area (TPSA) is 56.7 Å². The van der Waals surface area contributed by atoms with Crippen LogP contribution in [0.3, 0.4) is 0 Å². The highest BCUT2D eigenvalue weighted by Gasteiger charge is 2.13. The standard InChI is InChI=1S/C9H11IN4O/c1-3-6-5-7(14(4-2)12-6)8-11-9(10)13-15-8/h5H,3-4H2,1-2H3. The maximum atomic E-state index is 5.12. The van der Waals surface area contributed by atoms with Crippen LogP contribution in [0.15, 0.2) is 10.6 Å². The summed E-state index contributed by atoms with van der Waals surface area (Å²) in [7, 11) is 0. The van der Waals surface area contributed by atoms with Gasteiger partial charge >= 0.3 is 0 Å². The van der Waals surface area contributed by atoms with Crippen molar-refractivity contribution in [1.82, 2.24) is 19.9 Å². The van der Waals surface area contributed by atoms with E-state index in [9.17, 15) is 0 Å². The van der Waals surface area contributed by atoms with Crippen LogP contribution in [0, 0.1) is 3.83 Å². The summed E-state index contributed by atoms with van der Waals surface area (Å²) in [4.78, 5) is 4.19. The van der Waals surface area contributed by atoms with Crippen LogP contribution in [0.5, 0.6) is 0 Å². The van der Waals surface area contributed by atoms with E-state index in [4.69, 9.17) is 4.52 Å². The van der Waals surface area contributed by atoms with E-state index in [1.54, 1.807) is 0 Å². The Balaban J connectivity index is 2.46. The molecule has 5 nitrogen and oxygen atoms in total. The monoisotopic (exact) mass is 318 g/mol. The Hall–Kier alpha value is -0.920. The van der Waals surface area contributed by atoms with E-state index >= 15 is 0 Å². The molecule has 0 N–H and O–H groups in total. The molecule has 6 heteroatoms. The minimum absolute atomic E-state index is 0.536. The minimum atomic E-state index is 0.536. The minimum Gasteiger partial charge on any atom is -0.331 e. The van der Waals surface area contributed by atoms with Gasteiger partial charge in [0, 0.05) is 29.1 Å². The molecule has 2 aromatic heterocycles. The molecule has 0 saturated heterocycles. The van der Waals surface area contributed by atoms with Crippen molar-refractivity contribution < 1.29 is 4.52 Å². The second kappa shape index (κ2) is 4.30. The molecule has 0 amide bonds. The number of nitrogens with zero attached hydrogens (tertiary/aromatic N) is 4. The lowest BCUT2D eigenvalue weighted by atomic mass is 10.3. The maximum Gasteiger partial charge on any atom is 0.276 e. The summed E-state index contributed by atoms with van der Waals surface area (Å²) in [5.74, 6) is 0.536. The van der Waals surface area contributed by atoms with Gasteiger partial charge in [-0.3, -0.25) is 4.68 Å². The molecule has 80 valence electrons. The highest BCUT2D eigenvalue weighted by atomic mass is 127. The van der Waals surface area contributed by atoms with Gasteiger partial charge in [0.15, 0.2) is 0 Å². The number of rotatable bonds is 3. The molecule has 0 spiro atoms. The molecule has 0 aromatic carbocycles. The third kappa shape index (κ3) is 2.04. The fraction of sp³-hybridized carbons (Fsp3) is 0.444. The van der Waals surface area contributed by atoms with Crippen molar-refractivity contribution >= 4 is 22.6 Å². The Labute approximate surface area is 101 Å². The van der Waals surface area contributed by atoms with Gasteiger partial charge in [-0.05, 0) is 19.4 Å². The number of aryl methyl sites for hydroxylation is 2. The van der Waals surface area contributed by atoms with Gasteiger partial charge in [-0.15, -0.1) is 0 Å². The fourth-order valence-electron chi connectivity index (χ4n) is 1.37. The lowest BCUT2D eigenvalue weighted by molar-refractivity contribution is 0.421. The average Bonchev–Trinajstić information content (AvgIpc) is 2.82. The maximum absolute atomic E-state index is 5.12. The summed E-state index contributed by atoms with van der Waals surface area (Å²) in [5, 5.41) is 8.18.